The maximum atomic E-state index is 10.8. The number of nitrogens with zero attached hydrogens (tertiary/aromatic N) is 1. The van der Waals surface area contributed by atoms with E-state index in [0.29, 0.717) is 21.6 Å². The molecular formula is C12H7Cl3N2O2. The van der Waals surface area contributed by atoms with Crippen molar-refractivity contribution >= 4 is 52.3 Å². The van der Waals surface area contributed by atoms with Gasteiger partial charge in [0.25, 0.3) is 0 Å². The molecule has 0 saturated carbocycles. The number of carbonyl (C=O) groups is 1. The number of pyridine rings is 1. The van der Waals surface area contributed by atoms with Crippen LogP contribution in [0.25, 0.3) is 0 Å². The first kappa shape index (κ1) is 13.9. The molecule has 7 heteroatoms. The first-order chi connectivity index (χ1) is 8.99. The lowest BCUT2D eigenvalue weighted by Gasteiger charge is -2.10. The average Bonchev–Trinajstić information content (AvgIpc) is 2.37. The number of hydrogen-bond acceptors (Lipinski definition) is 3. The standard InChI is InChI=1S/C12H7Cl3N2O2/c13-7-2-1-3-9(10(7)15)17-11-8(14)4-6(5-16-11)12(18)19/h1-5H,(H,16,17)(H,18,19). The maximum absolute atomic E-state index is 10.8. The van der Waals surface area contributed by atoms with Crippen molar-refractivity contribution in [3.63, 3.8) is 0 Å². The minimum Gasteiger partial charge on any atom is -0.478 e. The van der Waals surface area contributed by atoms with Crippen LogP contribution in [-0.4, -0.2) is 16.1 Å². The minimum atomic E-state index is -1.10. The number of hydrogen-bond donors (Lipinski definition) is 2. The van der Waals surface area contributed by atoms with E-state index in [2.05, 4.69) is 10.3 Å². The molecule has 0 saturated heterocycles. The lowest BCUT2D eigenvalue weighted by Crippen LogP contribution is -2.00. The molecule has 0 radical (unpaired) electrons. The molecule has 1 aromatic carbocycles. The van der Waals surface area contributed by atoms with Crippen molar-refractivity contribution in [2.75, 3.05) is 5.32 Å². The van der Waals surface area contributed by atoms with Gasteiger partial charge in [0.15, 0.2) is 0 Å². The summed E-state index contributed by atoms with van der Waals surface area (Å²) in [5.74, 6) is -0.794. The molecule has 98 valence electrons. The van der Waals surface area contributed by atoms with Gasteiger partial charge in [-0.3, -0.25) is 0 Å². The third kappa shape index (κ3) is 3.10. The summed E-state index contributed by atoms with van der Waals surface area (Å²) in [6.45, 7) is 0. The number of halogens is 3. The number of rotatable bonds is 3. The Hall–Kier alpha value is -1.49. The van der Waals surface area contributed by atoms with Gasteiger partial charge in [0.05, 0.1) is 26.3 Å². The second kappa shape index (κ2) is 5.65. The maximum Gasteiger partial charge on any atom is 0.337 e. The molecule has 0 bridgehead atoms. The molecule has 2 aromatic rings. The smallest absolute Gasteiger partial charge is 0.337 e. The van der Waals surface area contributed by atoms with Gasteiger partial charge in [-0.05, 0) is 18.2 Å². The van der Waals surface area contributed by atoms with E-state index in [1.807, 2.05) is 0 Å². The Morgan fingerprint density at radius 3 is 2.58 bits per heavy atom. The van der Waals surface area contributed by atoms with E-state index in [9.17, 15) is 4.79 Å². The van der Waals surface area contributed by atoms with Crippen molar-refractivity contribution in [1.82, 2.24) is 4.98 Å². The molecule has 1 heterocycles. The first-order valence-corrected chi connectivity index (χ1v) is 6.22. The molecule has 0 atom stereocenters. The van der Waals surface area contributed by atoms with E-state index in [4.69, 9.17) is 39.9 Å². The molecule has 0 fully saturated rings. The highest BCUT2D eigenvalue weighted by Gasteiger charge is 2.10. The number of aromatic carboxylic acids is 1. The second-order valence-electron chi connectivity index (χ2n) is 3.59. The summed E-state index contributed by atoms with van der Waals surface area (Å²) in [5, 5.41) is 12.6. The molecule has 0 aliphatic carbocycles. The molecule has 1 aromatic heterocycles. The fourth-order valence-electron chi connectivity index (χ4n) is 1.37. The zero-order valence-electron chi connectivity index (χ0n) is 9.32. The molecule has 19 heavy (non-hydrogen) atoms. The highest BCUT2D eigenvalue weighted by atomic mass is 35.5. The Kier molecular flexibility index (Phi) is 4.14. The Morgan fingerprint density at radius 1 is 1.21 bits per heavy atom. The van der Waals surface area contributed by atoms with Gasteiger partial charge >= 0.3 is 5.97 Å². The van der Waals surface area contributed by atoms with Crippen LogP contribution >= 0.6 is 34.8 Å². The summed E-state index contributed by atoms with van der Waals surface area (Å²) < 4.78 is 0. The number of benzene rings is 1. The molecule has 0 aliphatic heterocycles. The number of nitrogens with one attached hydrogen (secondary N) is 1. The zero-order chi connectivity index (χ0) is 14.0. The van der Waals surface area contributed by atoms with Crippen LogP contribution in [0.2, 0.25) is 15.1 Å². The first-order valence-electron chi connectivity index (χ1n) is 5.09. The zero-order valence-corrected chi connectivity index (χ0v) is 11.6. The average molecular weight is 318 g/mol. The third-order valence-electron chi connectivity index (χ3n) is 2.29. The summed E-state index contributed by atoms with van der Waals surface area (Å²) in [7, 11) is 0. The van der Waals surface area contributed by atoms with Crippen molar-refractivity contribution in [3.05, 3.63) is 51.1 Å². The highest BCUT2D eigenvalue weighted by molar-refractivity contribution is 6.43. The van der Waals surface area contributed by atoms with Crippen molar-refractivity contribution < 1.29 is 9.90 Å². The normalized spacial score (nSPS) is 10.3. The lowest BCUT2D eigenvalue weighted by molar-refractivity contribution is 0.0696. The van der Waals surface area contributed by atoms with Crippen LogP contribution in [-0.2, 0) is 0 Å². The molecule has 0 spiro atoms. The fourth-order valence-corrected chi connectivity index (χ4v) is 1.94. The molecule has 4 nitrogen and oxygen atoms in total. The number of anilines is 2. The summed E-state index contributed by atoms with van der Waals surface area (Å²) >= 11 is 17.9. The molecule has 0 unspecified atom stereocenters. The Labute approximate surface area is 123 Å². The minimum absolute atomic E-state index is 0.00717. The van der Waals surface area contributed by atoms with Crippen LogP contribution in [0.5, 0.6) is 0 Å². The van der Waals surface area contributed by atoms with Crippen LogP contribution in [0.15, 0.2) is 30.5 Å². The van der Waals surface area contributed by atoms with Gasteiger partial charge in [0, 0.05) is 6.20 Å². The summed E-state index contributed by atoms with van der Waals surface area (Å²) in [6.07, 6.45) is 1.20. The summed E-state index contributed by atoms with van der Waals surface area (Å²) in [4.78, 5) is 14.7. The van der Waals surface area contributed by atoms with Crippen LogP contribution in [0.1, 0.15) is 10.4 Å². The van der Waals surface area contributed by atoms with Crippen molar-refractivity contribution in [3.8, 4) is 0 Å². The van der Waals surface area contributed by atoms with Gasteiger partial charge in [-0.25, -0.2) is 9.78 Å². The van der Waals surface area contributed by atoms with Crippen molar-refractivity contribution in [2.45, 2.75) is 0 Å². The second-order valence-corrected chi connectivity index (χ2v) is 4.78. The lowest BCUT2D eigenvalue weighted by atomic mass is 10.2. The van der Waals surface area contributed by atoms with Gasteiger partial charge < -0.3 is 10.4 Å². The summed E-state index contributed by atoms with van der Waals surface area (Å²) in [5.41, 5.74) is 0.541. The number of carboxylic acid groups (broad SMARTS) is 1. The number of aromatic nitrogens is 1. The largest absolute Gasteiger partial charge is 0.478 e. The van der Waals surface area contributed by atoms with Gasteiger partial charge in [-0.1, -0.05) is 40.9 Å². The third-order valence-corrected chi connectivity index (χ3v) is 3.40. The van der Waals surface area contributed by atoms with E-state index in [0.717, 1.165) is 0 Å². The quantitative estimate of drug-likeness (QED) is 0.876. The van der Waals surface area contributed by atoms with Gasteiger partial charge in [0.1, 0.15) is 5.82 Å². The van der Waals surface area contributed by atoms with E-state index in [-0.39, 0.29) is 10.6 Å². The highest BCUT2D eigenvalue weighted by Crippen LogP contribution is 2.33. The predicted molar refractivity (Wildman–Crippen MR) is 76.0 cm³/mol. The van der Waals surface area contributed by atoms with Crippen molar-refractivity contribution in [2.24, 2.45) is 0 Å². The SMILES string of the molecule is O=C(O)c1cnc(Nc2cccc(Cl)c2Cl)c(Cl)c1. The van der Waals surface area contributed by atoms with Crippen LogP contribution in [0.3, 0.4) is 0 Å². The van der Waals surface area contributed by atoms with Crippen molar-refractivity contribution in [1.29, 1.82) is 0 Å². The van der Waals surface area contributed by atoms with E-state index in [1.165, 1.54) is 12.3 Å². The molecule has 2 rings (SSSR count). The van der Waals surface area contributed by atoms with Gasteiger partial charge in [0.2, 0.25) is 0 Å². The van der Waals surface area contributed by atoms with E-state index >= 15 is 0 Å². The Morgan fingerprint density at radius 2 is 1.95 bits per heavy atom. The number of carboxylic acids is 1. The van der Waals surface area contributed by atoms with E-state index in [1.54, 1.807) is 18.2 Å². The Balaban J connectivity index is 2.34. The van der Waals surface area contributed by atoms with E-state index < -0.39 is 5.97 Å². The fraction of sp³-hybridized carbons (Fsp3) is 0. The molecule has 0 amide bonds. The van der Waals surface area contributed by atoms with Crippen LogP contribution in [0, 0.1) is 0 Å². The van der Waals surface area contributed by atoms with Crippen LogP contribution < -0.4 is 5.32 Å². The molecule has 2 N–H and O–H groups in total. The monoisotopic (exact) mass is 316 g/mol. The van der Waals surface area contributed by atoms with Crippen LogP contribution in [0.4, 0.5) is 11.5 Å². The predicted octanol–water partition coefficient (Wildman–Crippen LogP) is 4.48. The van der Waals surface area contributed by atoms with Gasteiger partial charge in [-0.2, -0.15) is 0 Å². The molecular weight excluding hydrogens is 311 g/mol. The summed E-state index contributed by atoms with van der Waals surface area (Å²) in [6, 6.07) is 6.38. The Bertz CT molecular complexity index is 647. The topological polar surface area (TPSA) is 62.2 Å². The molecule has 0 aliphatic rings. The van der Waals surface area contributed by atoms with Gasteiger partial charge in [-0.15, -0.1) is 0 Å².